The number of fused-ring (bicyclic) bond motifs is 2. The van der Waals surface area contributed by atoms with Crippen LogP contribution in [0.2, 0.25) is 0 Å². The van der Waals surface area contributed by atoms with Crippen LogP contribution in [0.1, 0.15) is 30.9 Å². The van der Waals surface area contributed by atoms with Gasteiger partial charge in [0.15, 0.2) is 12.2 Å². The Morgan fingerprint density at radius 1 is 1.21 bits per heavy atom. The average Bonchev–Trinajstić information content (AvgIpc) is 3.16. The van der Waals surface area contributed by atoms with Gasteiger partial charge in [0.05, 0.1) is 12.1 Å². The number of amides is 2. The Labute approximate surface area is 168 Å². The van der Waals surface area contributed by atoms with Gasteiger partial charge in [0.25, 0.3) is 11.8 Å². The maximum atomic E-state index is 12.4. The molecule has 2 amide bonds. The van der Waals surface area contributed by atoms with Gasteiger partial charge < -0.3 is 20.1 Å². The lowest BCUT2D eigenvalue weighted by Gasteiger charge is -2.25. The average molecular weight is 394 g/mol. The zero-order chi connectivity index (χ0) is 20.4. The second-order valence-electron chi connectivity index (χ2n) is 7.25. The normalized spacial score (nSPS) is 18.0. The van der Waals surface area contributed by atoms with Gasteiger partial charge in [-0.1, -0.05) is 18.2 Å². The van der Waals surface area contributed by atoms with E-state index in [4.69, 9.17) is 9.47 Å². The van der Waals surface area contributed by atoms with E-state index < -0.39 is 30.0 Å². The number of carbonyl (C=O) groups is 3. The highest BCUT2D eigenvalue weighted by atomic mass is 16.6. The second-order valence-corrected chi connectivity index (χ2v) is 7.25. The van der Waals surface area contributed by atoms with E-state index in [2.05, 4.69) is 10.6 Å². The molecule has 4 rings (SSSR count). The van der Waals surface area contributed by atoms with Gasteiger partial charge in [-0.25, -0.2) is 0 Å². The van der Waals surface area contributed by atoms with Crippen molar-refractivity contribution in [1.29, 1.82) is 0 Å². The van der Waals surface area contributed by atoms with Crippen molar-refractivity contribution in [3.8, 4) is 5.75 Å². The molecule has 1 heterocycles. The number of nitrogens with one attached hydrogen (secondary N) is 2. The molecule has 0 aromatic heterocycles. The quantitative estimate of drug-likeness (QED) is 0.761. The summed E-state index contributed by atoms with van der Waals surface area (Å²) in [4.78, 5) is 36.7. The van der Waals surface area contributed by atoms with Crippen LogP contribution in [0, 0.1) is 0 Å². The predicted molar refractivity (Wildman–Crippen MR) is 107 cm³/mol. The van der Waals surface area contributed by atoms with Crippen molar-refractivity contribution in [2.24, 2.45) is 0 Å². The summed E-state index contributed by atoms with van der Waals surface area (Å²) in [7, 11) is 0. The highest BCUT2D eigenvalue weighted by molar-refractivity contribution is 6.00. The summed E-state index contributed by atoms with van der Waals surface area (Å²) in [6, 6.07) is 12.8. The third kappa shape index (κ3) is 4.23. The fourth-order valence-electron chi connectivity index (χ4n) is 3.57. The molecule has 0 fully saturated rings. The lowest BCUT2D eigenvalue weighted by atomic mass is 10.1. The minimum absolute atomic E-state index is 0.281. The van der Waals surface area contributed by atoms with Gasteiger partial charge >= 0.3 is 5.97 Å². The van der Waals surface area contributed by atoms with Gasteiger partial charge in [0, 0.05) is 5.69 Å². The molecule has 150 valence electrons. The first-order valence-corrected chi connectivity index (χ1v) is 9.68. The van der Waals surface area contributed by atoms with Crippen molar-refractivity contribution < 1.29 is 23.9 Å². The van der Waals surface area contributed by atoms with Crippen LogP contribution in [0.3, 0.4) is 0 Å². The van der Waals surface area contributed by atoms with Gasteiger partial charge in [0.1, 0.15) is 5.75 Å². The van der Waals surface area contributed by atoms with E-state index in [1.807, 2.05) is 18.2 Å². The maximum Gasteiger partial charge on any atom is 0.310 e. The molecular formula is C22H22N2O5. The lowest BCUT2D eigenvalue weighted by molar-refractivity contribution is -0.155. The van der Waals surface area contributed by atoms with Crippen molar-refractivity contribution in [2.75, 3.05) is 10.6 Å². The maximum absolute atomic E-state index is 12.4. The Hall–Kier alpha value is -3.35. The molecule has 1 aliphatic heterocycles. The van der Waals surface area contributed by atoms with Gasteiger partial charge in [-0.05, 0) is 61.6 Å². The van der Waals surface area contributed by atoms with Crippen molar-refractivity contribution in [2.45, 2.75) is 44.8 Å². The Balaban J connectivity index is 1.31. The number of esters is 1. The number of benzene rings is 2. The van der Waals surface area contributed by atoms with Gasteiger partial charge in [-0.15, -0.1) is 0 Å². The SMILES string of the molecule is C[C@@H](OC(=O)C[C@H]1Oc2ccccc2NC1=O)C(=O)Nc1ccc2c(c1)CCC2. The van der Waals surface area contributed by atoms with E-state index in [-0.39, 0.29) is 6.42 Å². The van der Waals surface area contributed by atoms with E-state index >= 15 is 0 Å². The first-order valence-electron chi connectivity index (χ1n) is 9.68. The highest BCUT2D eigenvalue weighted by Crippen LogP contribution is 2.30. The minimum atomic E-state index is -0.996. The second kappa shape index (κ2) is 7.95. The van der Waals surface area contributed by atoms with Crippen LogP contribution >= 0.6 is 0 Å². The van der Waals surface area contributed by atoms with Gasteiger partial charge in [-0.3, -0.25) is 14.4 Å². The van der Waals surface area contributed by atoms with Crippen molar-refractivity contribution >= 4 is 29.2 Å². The summed E-state index contributed by atoms with van der Waals surface area (Å²) >= 11 is 0. The van der Waals surface area contributed by atoms with Crippen LogP contribution in [0.4, 0.5) is 11.4 Å². The largest absolute Gasteiger partial charge is 0.478 e. The molecule has 7 heteroatoms. The summed E-state index contributed by atoms with van der Waals surface area (Å²) < 4.78 is 10.8. The summed E-state index contributed by atoms with van der Waals surface area (Å²) in [5.74, 6) is -1.03. The Kier molecular flexibility index (Phi) is 5.20. The lowest BCUT2D eigenvalue weighted by Crippen LogP contribution is -2.40. The Morgan fingerprint density at radius 3 is 2.86 bits per heavy atom. The smallest absolute Gasteiger partial charge is 0.310 e. The fraction of sp³-hybridized carbons (Fsp3) is 0.318. The Bertz CT molecular complexity index is 971. The predicted octanol–water partition coefficient (Wildman–Crippen LogP) is 2.84. The molecule has 0 saturated heterocycles. The molecule has 0 unspecified atom stereocenters. The fourth-order valence-corrected chi connectivity index (χ4v) is 3.57. The third-order valence-electron chi connectivity index (χ3n) is 5.10. The molecule has 2 aromatic rings. The van der Waals surface area contributed by atoms with Crippen LogP contribution in [0.25, 0.3) is 0 Å². The van der Waals surface area contributed by atoms with E-state index in [1.54, 1.807) is 24.3 Å². The van der Waals surface area contributed by atoms with Crippen LogP contribution in [0.5, 0.6) is 5.75 Å². The molecule has 2 aliphatic rings. The first-order chi connectivity index (χ1) is 14.0. The number of ether oxygens (including phenoxy) is 2. The number of hydrogen-bond acceptors (Lipinski definition) is 5. The number of aryl methyl sites for hydroxylation is 2. The summed E-state index contributed by atoms with van der Waals surface area (Å²) in [5, 5.41) is 5.47. The summed E-state index contributed by atoms with van der Waals surface area (Å²) in [5.41, 5.74) is 3.80. The van der Waals surface area contributed by atoms with E-state index in [1.165, 1.54) is 18.1 Å². The van der Waals surface area contributed by atoms with Gasteiger partial charge in [0.2, 0.25) is 0 Å². The summed E-state index contributed by atoms with van der Waals surface area (Å²) in [6.45, 7) is 1.50. The number of carbonyl (C=O) groups excluding carboxylic acids is 3. The number of anilines is 2. The number of hydrogen-bond donors (Lipinski definition) is 2. The van der Waals surface area contributed by atoms with E-state index in [0.717, 1.165) is 19.3 Å². The molecule has 2 aromatic carbocycles. The molecule has 0 spiro atoms. The van der Waals surface area contributed by atoms with E-state index in [0.29, 0.717) is 17.1 Å². The van der Waals surface area contributed by atoms with Crippen molar-refractivity contribution in [3.05, 3.63) is 53.6 Å². The molecule has 29 heavy (non-hydrogen) atoms. The van der Waals surface area contributed by atoms with Gasteiger partial charge in [-0.2, -0.15) is 0 Å². The topological polar surface area (TPSA) is 93.7 Å². The molecule has 1 aliphatic carbocycles. The zero-order valence-corrected chi connectivity index (χ0v) is 16.1. The van der Waals surface area contributed by atoms with Crippen molar-refractivity contribution in [1.82, 2.24) is 0 Å². The zero-order valence-electron chi connectivity index (χ0n) is 16.1. The van der Waals surface area contributed by atoms with Crippen LogP contribution in [-0.4, -0.2) is 30.0 Å². The number of para-hydroxylation sites is 2. The molecule has 0 radical (unpaired) electrons. The molecule has 0 saturated carbocycles. The Morgan fingerprint density at radius 2 is 2.00 bits per heavy atom. The highest BCUT2D eigenvalue weighted by Gasteiger charge is 2.31. The number of rotatable bonds is 5. The van der Waals surface area contributed by atoms with Crippen LogP contribution in [0.15, 0.2) is 42.5 Å². The standard InChI is InChI=1S/C22H22N2O5/c1-13(21(26)23-16-10-9-14-5-4-6-15(14)11-16)28-20(25)12-19-22(27)24-17-7-2-3-8-18(17)29-19/h2-3,7-11,13,19H,4-6,12H2,1H3,(H,23,26)(H,24,27)/t13-,19-/m1/s1. The van der Waals surface area contributed by atoms with E-state index in [9.17, 15) is 14.4 Å². The minimum Gasteiger partial charge on any atom is -0.478 e. The third-order valence-corrected chi connectivity index (χ3v) is 5.10. The summed E-state index contributed by atoms with van der Waals surface area (Å²) in [6.07, 6.45) is 0.937. The molecule has 7 nitrogen and oxygen atoms in total. The molecule has 0 bridgehead atoms. The van der Waals surface area contributed by atoms with Crippen LogP contribution < -0.4 is 15.4 Å². The van der Waals surface area contributed by atoms with Crippen molar-refractivity contribution in [3.63, 3.8) is 0 Å². The monoisotopic (exact) mass is 394 g/mol. The molecule has 2 N–H and O–H groups in total. The molecule has 2 atom stereocenters. The molecular weight excluding hydrogens is 372 g/mol. The van der Waals surface area contributed by atoms with Crippen LogP contribution in [-0.2, 0) is 32.0 Å². The first kappa shape index (κ1) is 19.0.